The van der Waals surface area contributed by atoms with E-state index in [2.05, 4.69) is 37.8 Å². The van der Waals surface area contributed by atoms with Crippen LogP contribution < -0.4 is 10.7 Å². The molecule has 0 radical (unpaired) electrons. The maximum Gasteiger partial charge on any atom is 0.132 e. The number of pyridine rings is 1. The van der Waals surface area contributed by atoms with Crippen molar-refractivity contribution >= 4 is 17.6 Å². The molecule has 3 aliphatic heterocycles. The summed E-state index contributed by atoms with van der Waals surface area (Å²) in [6.07, 6.45) is 5.62. The van der Waals surface area contributed by atoms with Gasteiger partial charge in [-0.2, -0.15) is 5.01 Å². The summed E-state index contributed by atoms with van der Waals surface area (Å²) >= 11 is 1.89. The van der Waals surface area contributed by atoms with Gasteiger partial charge in [-0.05, 0) is 24.6 Å². The lowest BCUT2D eigenvalue weighted by Crippen LogP contribution is -2.46. The molecule has 0 bridgehead atoms. The van der Waals surface area contributed by atoms with Crippen molar-refractivity contribution in [2.24, 2.45) is 0 Å². The predicted molar refractivity (Wildman–Crippen MR) is 102 cm³/mol. The Morgan fingerprint density at radius 3 is 3.23 bits per heavy atom. The zero-order valence-corrected chi connectivity index (χ0v) is 15.7. The number of alkyl halides is 1. The molecule has 6 nitrogen and oxygen atoms in total. The molecular formula is C18H24FN5OS. The molecule has 1 aromatic rings. The van der Waals surface area contributed by atoms with Crippen LogP contribution in [0.2, 0.25) is 0 Å². The third-order valence-electron chi connectivity index (χ3n) is 5.06. The van der Waals surface area contributed by atoms with Crippen molar-refractivity contribution in [3.63, 3.8) is 0 Å². The highest BCUT2D eigenvalue weighted by molar-refractivity contribution is 8.03. The summed E-state index contributed by atoms with van der Waals surface area (Å²) in [5.41, 5.74) is 3.79. The van der Waals surface area contributed by atoms with Crippen LogP contribution >= 0.6 is 11.8 Å². The average Bonchev–Trinajstić information content (AvgIpc) is 3.10. The number of hydrogen-bond donors (Lipinski definition) is 2. The number of ether oxygens (including phenoxy) is 1. The highest BCUT2D eigenvalue weighted by Crippen LogP contribution is 2.48. The molecule has 1 spiro atoms. The second kappa shape index (κ2) is 7.56. The molecule has 2 N–H and O–H groups in total. The van der Waals surface area contributed by atoms with Gasteiger partial charge in [0, 0.05) is 31.6 Å². The first-order valence-electron chi connectivity index (χ1n) is 8.84. The van der Waals surface area contributed by atoms with Crippen LogP contribution in [0.3, 0.4) is 0 Å². The summed E-state index contributed by atoms with van der Waals surface area (Å²) in [5.74, 6) is 2.47. The van der Waals surface area contributed by atoms with Gasteiger partial charge in [0.15, 0.2) is 0 Å². The van der Waals surface area contributed by atoms with Gasteiger partial charge in [-0.3, -0.25) is 4.90 Å². The number of nitrogens with one attached hydrogen (secondary N) is 2. The van der Waals surface area contributed by atoms with Crippen molar-refractivity contribution in [3.8, 4) is 0 Å². The van der Waals surface area contributed by atoms with E-state index in [0.29, 0.717) is 11.5 Å². The Bertz CT molecular complexity index is 727. The molecule has 0 saturated carbocycles. The minimum Gasteiger partial charge on any atom is -0.383 e. The second-order valence-corrected chi connectivity index (χ2v) is 7.67. The standard InChI is InChI=1S/C18H24FN5OS/c1-25-10-9-23-7-5-15-18(6-8-23)11-17(22-24(18)13-26-15)21-16-4-2-3-14(12-19)20-16/h2-5,11,22H,6-10,12-13H2,1H3,(H,20,21). The molecule has 8 heteroatoms. The smallest absolute Gasteiger partial charge is 0.132 e. The Labute approximate surface area is 157 Å². The van der Waals surface area contributed by atoms with Crippen LogP contribution in [-0.4, -0.2) is 59.7 Å². The minimum absolute atomic E-state index is 0.105. The van der Waals surface area contributed by atoms with E-state index in [1.807, 2.05) is 23.9 Å². The highest BCUT2D eigenvalue weighted by atomic mass is 32.2. The van der Waals surface area contributed by atoms with Crippen molar-refractivity contribution in [2.45, 2.75) is 18.6 Å². The highest BCUT2D eigenvalue weighted by Gasteiger charge is 2.49. The monoisotopic (exact) mass is 377 g/mol. The third kappa shape index (κ3) is 3.34. The number of aromatic nitrogens is 1. The largest absolute Gasteiger partial charge is 0.383 e. The quantitative estimate of drug-likeness (QED) is 0.789. The van der Waals surface area contributed by atoms with Crippen LogP contribution in [0.25, 0.3) is 0 Å². The molecule has 0 aliphatic carbocycles. The van der Waals surface area contributed by atoms with Crippen LogP contribution in [0.1, 0.15) is 12.1 Å². The number of nitrogens with zero attached hydrogens (tertiary/aromatic N) is 3. The van der Waals surface area contributed by atoms with Crippen LogP contribution in [0.15, 0.2) is 41.1 Å². The number of thioether (sulfide) groups is 1. The Hall–Kier alpha value is -1.61. The van der Waals surface area contributed by atoms with Crippen molar-refractivity contribution in [2.75, 3.05) is 44.5 Å². The number of anilines is 1. The number of rotatable bonds is 6. The van der Waals surface area contributed by atoms with E-state index in [-0.39, 0.29) is 5.54 Å². The Morgan fingerprint density at radius 1 is 1.46 bits per heavy atom. The summed E-state index contributed by atoms with van der Waals surface area (Å²) in [6.45, 7) is 3.12. The molecule has 1 fully saturated rings. The maximum absolute atomic E-state index is 12.8. The van der Waals surface area contributed by atoms with E-state index in [9.17, 15) is 4.39 Å². The van der Waals surface area contributed by atoms with Gasteiger partial charge in [0.05, 0.1) is 23.7 Å². The summed E-state index contributed by atoms with van der Waals surface area (Å²) in [6, 6.07) is 5.36. The van der Waals surface area contributed by atoms with E-state index in [1.54, 1.807) is 13.2 Å². The Morgan fingerprint density at radius 2 is 2.38 bits per heavy atom. The number of hydrogen-bond acceptors (Lipinski definition) is 7. The molecule has 1 atom stereocenters. The predicted octanol–water partition coefficient (Wildman–Crippen LogP) is 2.30. The van der Waals surface area contributed by atoms with Crippen molar-refractivity contribution in [3.05, 3.63) is 46.8 Å². The molecule has 1 unspecified atom stereocenters. The molecule has 140 valence electrons. The molecule has 3 aliphatic rings. The lowest BCUT2D eigenvalue weighted by molar-refractivity contribution is 0.135. The lowest BCUT2D eigenvalue weighted by atomic mass is 9.95. The first-order valence-corrected chi connectivity index (χ1v) is 9.83. The van der Waals surface area contributed by atoms with Crippen LogP contribution in [0, 0.1) is 0 Å². The van der Waals surface area contributed by atoms with Crippen molar-refractivity contribution in [1.29, 1.82) is 0 Å². The lowest BCUT2D eigenvalue weighted by Gasteiger charge is -2.30. The fourth-order valence-electron chi connectivity index (χ4n) is 3.65. The third-order valence-corrected chi connectivity index (χ3v) is 6.28. The zero-order valence-electron chi connectivity index (χ0n) is 14.9. The molecule has 26 heavy (non-hydrogen) atoms. The molecule has 1 aromatic heterocycles. The van der Waals surface area contributed by atoms with Gasteiger partial charge >= 0.3 is 0 Å². The van der Waals surface area contributed by atoms with Gasteiger partial charge in [-0.25, -0.2) is 9.37 Å². The van der Waals surface area contributed by atoms with E-state index < -0.39 is 6.67 Å². The molecular weight excluding hydrogens is 353 g/mol. The summed E-state index contributed by atoms with van der Waals surface area (Å²) in [5, 5.41) is 5.58. The molecule has 1 saturated heterocycles. The first-order chi connectivity index (χ1) is 12.7. The Balaban J connectivity index is 1.52. The fraction of sp³-hybridized carbons (Fsp3) is 0.500. The van der Waals surface area contributed by atoms with Gasteiger partial charge < -0.3 is 15.5 Å². The molecule has 0 amide bonds. The van der Waals surface area contributed by atoms with E-state index >= 15 is 0 Å². The van der Waals surface area contributed by atoms with Gasteiger partial charge in [-0.15, -0.1) is 11.8 Å². The SMILES string of the molecule is COCCN1CC=C2SCN3NC(Nc4cccc(CF)n4)=CC23CC1. The first kappa shape index (κ1) is 17.8. The number of halogens is 1. The van der Waals surface area contributed by atoms with Crippen molar-refractivity contribution in [1.82, 2.24) is 20.3 Å². The summed E-state index contributed by atoms with van der Waals surface area (Å²) in [7, 11) is 1.74. The Kier molecular flexibility index (Phi) is 5.17. The normalized spacial score (nSPS) is 25.8. The van der Waals surface area contributed by atoms with Crippen LogP contribution in [0.5, 0.6) is 0 Å². The minimum atomic E-state index is -0.557. The van der Waals surface area contributed by atoms with E-state index in [1.165, 1.54) is 4.91 Å². The zero-order chi connectivity index (χ0) is 18.0. The number of methoxy groups -OCH3 is 1. The molecule has 4 heterocycles. The number of hydrazine groups is 1. The van der Waals surface area contributed by atoms with Gasteiger partial charge in [-0.1, -0.05) is 12.1 Å². The topological polar surface area (TPSA) is 52.7 Å². The van der Waals surface area contributed by atoms with Crippen LogP contribution in [-0.2, 0) is 11.4 Å². The summed E-state index contributed by atoms with van der Waals surface area (Å²) in [4.78, 5) is 8.11. The molecule has 4 rings (SSSR count). The second-order valence-electron chi connectivity index (χ2n) is 6.68. The van der Waals surface area contributed by atoms with E-state index in [0.717, 1.165) is 44.4 Å². The van der Waals surface area contributed by atoms with Gasteiger partial charge in [0.2, 0.25) is 0 Å². The van der Waals surface area contributed by atoms with Crippen LogP contribution in [0.4, 0.5) is 10.2 Å². The molecule has 0 aromatic carbocycles. The fourth-order valence-corrected chi connectivity index (χ4v) is 4.93. The van der Waals surface area contributed by atoms with Gasteiger partial charge in [0.1, 0.15) is 18.3 Å². The van der Waals surface area contributed by atoms with E-state index in [4.69, 9.17) is 4.74 Å². The van der Waals surface area contributed by atoms with Crippen molar-refractivity contribution < 1.29 is 9.13 Å². The maximum atomic E-state index is 12.8. The average molecular weight is 377 g/mol. The van der Waals surface area contributed by atoms with Gasteiger partial charge in [0.25, 0.3) is 0 Å². The summed E-state index contributed by atoms with van der Waals surface area (Å²) < 4.78 is 18.1.